The third kappa shape index (κ3) is 7.43. The lowest BCUT2D eigenvalue weighted by Gasteiger charge is -2.27. The number of carbonyl (C=O) groups excluding carboxylic acids is 2. The van der Waals surface area contributed by atoms with E-state index in [1.54, 1.807) is 7.11 Å². The minimum Gasteiger partial charge on any atom is -0.497 e. The van der Waals surface area contributed by atoms with Crippen LogP contribution in [0.5, 0.6) is 5.75 Å². The van der Waals surface area contributed by atoms with Crippen molar-refractivity contribution in [1.29, 1.82) is 0 Å². The van der Waals surface area contributed by atoms with Crippen molar-refractivity contribution < 1.29 is 32.2 Å². The molecule has 0 aliphatic carbocycles. The van der Waals surface area contributed by atoms with Crippen molar-refractivity contribution in [2.45, 2.75) is 25.6 Å². The van der Waals surface area contributed by atoms with Gasteiger partial charge in [0.05, 0.1) is 31.0 Å². The number of hydrogen-bond donors (Lipinski definition) is 1. The van der Waals surface area contributed by atoms with Crippen LogP contribution in [0.25, 0.3) is 0 Å². The molecular formula is C30H31F3N4O4. The van der Waals surface area contributed by atoms with E-state index in [9.17, 15) is 22.8 Å². The fourth-order valence-corrected chi connectivity index (χ4v) is 4.40. The van der Waals surface area contributed by atoms with Crippen LogP contribution in [0.4, 0.5) is 23.7 Å². The molecule has 0 saturated carbocycles. The number of hydrazone groups is 1. The maximum absolute atomic E-state index is 13.7. The molecule has 11 heteroatoms. The maximum atomic E-state index is 13.7. The van der Waals surface area contributed by atoms with Crippen LogP contribution in [-0.2, 0) is 15.7 Å². The Morgan fingerprint density at radius 1 is 1.05 bits per heavy atom. The average molecular weight is 569 g/mol. The van der Waals surface area contributed by atoms with E-state index in [-0.39, 0.29) is 25.4 Å². The van der Waals surface area contributed by atoms with Gasteiger partial charge >= 0.3 is 12.2 Å². The van der Waals surface area contributed by atoms with Crippen LogP contribution in [0.3, 0.4) is 0 Å². The van der Waals surface area contributed by atoms with Crippen molar-refractivity contribution in [3.8, 4) is 5.75 Å². The van der Waals surface area contributed by atoms with Gasteiger partial charge in [-0.3, -0.25) is 4.79 Å². The van der Waals surface area contributed by atoms with Crippen LogP contribution < -0.4 is 10.1 Å². The molecule has 1 aliphatic rings. The lowest BCUT2D eigenvalue weighted by molar-refractivity contribution is -0.137. The van der Waals surface area contributed by atoms with Gasteiger partial charge in [0.2, 0.25) is 0 Å². The van der Waals surface area contributed by atoms with Gasteiger partial charge in [-0.25, -0.2) is 9.80 Å². The number of halogens is 3. The highest BCUT2D eigenvalue weighted by Gasteiger charge is 2.35. The minimum atomic E-state index is -4.49. The first-order valence-electron chi connectivity index (χ1n) is 12.9. The Morgan fingerprint density at radius 3 is 2.39 bits per heavy atom. The number of alkyl halides is 3. The zero-order valence-electron chi connectivity index (χ0n) is 22.9. The molecule has 1 heterocycles. The molecule has 4 rings (SSSR count). The van der Waals surface area contributed by atoms with E-state index in [0.29, 0.717) is 17.9 Å². The van der Waals surface area contributed by atoms with E-state index in [0.717, 1.165) is 41.0 Å². The second-order valence-electron chi connectivity index (χ2n) is 9.57. The monoisotopic (exact) mass is 568 g/mol. The molecule has 0 radical (unpaired) electrons. The Bertz CT molecular complexity index is 1390. The van der Waals surface area contributed by atoms with E-state index in [1.165, 1.54) is 17.0 Å². The quantitative estimate of drug-likeness (QED) is 0.350. The Hall–Kier alpha value is -4.38. The molecule has 0 spiro atoms. The zero-order valence-corrected chi connectivity index (χ0v) is 22.9. The smallest absolute Gasteiger partial charge is 0.416 e. The van der Waals surface area contributed by atoms with E-state index < -0.39 is 29.7 Å². The van der Waals surface area contributed by atoms with E-state index in [4.69, 9.17) is 9.47 Å². The van der Waals surface area contributed by atoms with Crippen molar-refractivity contribution >= 4 is 23.3 Å². The maximum Gasteiger partial charge on any atom is 0.416 e. The van der Waals surface area contributed by atoms with Crippen molar-refractivity contribution in [2.24, 2.45) is 5.10 Å². The number of nitrogens with zero attached hydrogens (tertiary/aromatic N) is 3. The largest absolute Gasteiger partial charge is 0.497 e. The van der Waals surface area contributed by atoms with Crippen LogP contribution in [0.15, 0.2) is 77.9 Å². The predicted octanol–water partition coefficient (Wildman–Crippen LogP) is 5.88. The number of benzene rings is 3. The highest BCUT2D eigenvalue weighted by Crippen LogP contribution is 2.34. The molecule has 0 fully saturated rings. The molecule has 41 heavy (non-hydrogen) atoms. The first-order chi connectivity index (χ1) is 19.6. The van der Waals surface area contributed by atoms with Crippen LogP contribution >= 0.6 is 0 Å². The second-order valence-corrected chi connectivity index (χ2v) is 9.57. The summed E-state index contributed by atoms with van der Waals surface area (Å²) in [5.41, 5.74) is 2.80. The molecule has 0 aromatic heterocycles. The summed E-state index contributed by atoms with van der Waals surface area (Å²) in [6.07, 6.45) is -4.04. The molecule has 1 N–H and O–H groups in total. The van der Waals surface area contributed by atoms with Gasteiger partial charge in [-0.05, 0) is 48.9 Å². The zero-order chi connectivity index (χ0) is 29.6. The standard InChI is InChI=1S/C30H31F3N4O4/c1-20-7-9-21(10-8-20)27-18-26(22-5-4-6-25(17-22)41-3)35-37(27)28(38)19-36(15-16-40-2)29(39)34-24-13-11-23(12-14-24)30(31,32)33/h4-14,17,27H,15-16,18-19H2,1-3H3,(H,34,39)/t27-/m1/s1. The first kappa shape index (κ1) is 29.6. The molecule has 3 aromatic carbocycles. The summed E-state index contributed by atoms with van der Waals surface area (Å²) in [6.45, 7) is 1.87. The van der Waals surface area contributed by atoms with Crippen molar-refractivity contribution in [1.82, 2.24) is 9.91 Å². The topological polar surface area (TPSA) is 83.5 Å². The normalized spacial score (nSPS) is 14.9. The number of carbonyl (C=O) groups is 2. The van der Waals surface area contributed by atoms with Gasteiger partial charge in [0.15, 0.2) is 0 Å². The number of anilines is 1. The van der Waals surface area contributed by atoms with Crippen LogP contribution in [0, 0.1) is 6.92 Å². The third-order valence-corrected chi connectivity index (χ3v) is 6.67. The number of rotatable bonds is 9. The van der Waals surface area contributed by atoms with Crippen molar-refractivity contribution in [3.63, 3.8) is 0 Å². The van der Waals surface area contributed by atoms with Gasteiger partial charge in [0.1, 0.15) is 12.3 Å². The Labute approximate surface area is 236 Å². The fourth-order valence-electron chi connectivity index (χ4n) is 4.40. The van der Waals surface area contributed by atoms with E-state index in [1.807, 2.05) is 55.5 Å². The summed E-state index contributed by atoms with van der Waals surface area (Å²) in [4.78, 5) is 28.0. The Balaban J connectivity index is 1.57. The molecule has 3 amide bonds. The molecule has 1 atom stereocenters. The summed E-state index contributed by atoms with van der Waals surface area (Å²) in [6, 6.07) is 18.3. The van der Waals surface area contributed by atoms with Crippen LogP contribution in [-0.4, -0.2) is 61.5 Å². The lowest BCUT2D eigenvalue weighted by Crippen LogP contribution is -2.44. The number of hydrogen-bond acceptors (Lipinski definition) is 5. The molecule has 0 saturated heterocycles. The molecule has 3 aromatic rings. The number of methoxy groups -OCH3 is 2. The van der Waals surface area contributed by atoms with Gasteiger partial charge in [0, 0.05) is 31.3 Å². The molecular weight excluding hydrogens is 537 g/mol. The average Bonchev–Trinajstić information content (AvgIpc) is 3.41. The number of urea groups is 1. The van der Waals surface area contributed by atoms with Gasteiger partial charge in [-0.2, -0.15) is 18.3 Å². The molecule has 1 aliphatic heterocycles. The Morgan fingerprint density at radius 2 is 1.76 bits per heavy atom. The number of nitrogens with one attached hydrogen (secondary N) is 1. The van der Waals surface area contributed by atoms with Gasteiger partial charge in [-0.1, -0.05) is 42.0 Å². The van der Waals surface area contributed by atoms with Crippen LogP contribution in [0.1, 0.15) is 34.7 Å². The predicted molar refractivity (Wildman–Crippen MR) is 149 cm³/mol. The van der Waals surface area contributed by atoms with E-state index in [2.05, 4.69) is 10.4 Å². The summed E-state index contributed by atoms with van der Waals surface area (Å²) in [7, 11) is 3.04. The lowest BCUT2D eigenvalue weighted by atomic mass is 9.97. The number of amides is 3. The van der Waals surface area contributed by atoms with Crippen molar-refractivity contribution in [3.05, 3.63) is 95.1 Å². The van der Waals surface area contributed by atoms with Gasteiger partial charge < -0.3 is 19.7 Å². The number of aryl methyl sites for hydroxylation is 1. The summed E-state index contributed by atoms with van der Waals surface area (Å²) in [5.74, 6) is 0.236. The highest BCUT2D eigenvalue weighted by molar-refractivity contribution is 6.03. The van der Waals surface area contributed by atoms with E-state index >= 15 is 0 Å². The van der Waals surface area contributed by atoms with Crippen molar-refractivity contribution in [2.75, 3.05) is 39.2 Å². The SMILES string of the molecule is COCCN(CC(=O)N1N=C(c2cccc(OC)c2)C[C@@H]1c1ccc(C)cc1)C(=O)Nc1ccc(C(F)(F)F)cc1. The van der Waals surface area contributed by atoms with Crippen LogP contribution in [0.2, 0.25) is 0 Å². The van der Waals surface area contributed by atoms with Gasteiger partial charge in [0.25, 0.3) is 5.91 Å². The number of ether oxygens (including phenoxy) is 2. The second kappa shape index (κ2) is 12.9. The third-order valence-electron chi connectivity index (χ3n) is 6.67. The molecule has 8 nitrogen and oxygen atoms in total. The summed E-state index contributed by atoms with van der Waals surface area (Å²) < 4.78 is 49.2. The highest BCUT2D eigenvalue weighted by atomic mass is 19.4. The summed E-state index contributed by atoms with van der Waals surface area (Å²) >= 11 is 0. The fraction of sp³-hybridized carbons (Fsp3) is 0.300. The molecule has 0 bridgehead atoms. The minimum absolute atomic E-state index is 0.0736. The first-order valence-corrected chi connectivity index (χ1v) is 12.9. The van der Waals surface area contributed by atoms with Gasteiger partial charge in [-0.15, -0.1) is 0 Å². The summed E-state index contributed by atoms with van der Waals surface area (Å²) in [5, 5.41) is 8.63. The molecule has 0 unspecified atom stereocenters. The molecule has 216 valence electrons. The Kier molecular flexibility index (Phi) is 9.28.